The fraction of sp³-hybridized carbons (Fsp3) is 0.0417. The van der Waals surface area contributed by atoms with Crippen molar-refractivity contribution in [2.24, 2.45) is 0 Å². The van der Waals surface area contributed by atoms with Crippen LogP contribution in [0.4, 0.5) is 0 Å². The van der Waals surface area contributed by atoms with E-state index in [0.29, 0.717) is 0 Å². The summed E-state index contributed by atoms with van der Waals surface area (Å²) in [5.74, 6) is 0.856. The Kier molecular flexibility index (Phi) is 5.77. The first kappa shape index (κ1) is 28.3. The van der Waals surface area contributed by atoms with Crippen LogP contribution in [0.5, 0.6) is 0 Å². The molecule has 0 amide bonds. The zero-order valence-corrected chi connectivity index (χ0v) is 28.9. The van der Waals surface area contributed by atoms with Gasteiger partial charge in [-0.1, -0.05) is 121 Å². The van der Waals surface area contributed by atoms with E-state index in [4.69, 9.17) is 9.97 Å². The summed E-state index contributed by atoms with van der Waals surface area (Å²) >= 11 is 1.84. The number of nitrogens with zero attached hydrogens (tertiary/aromatic N) is 3. The summed E-state index contributed by atoms with van der Waals surface area (Å²) in [6, 6.07) is 48.7. The maximum absolute atomic E-state index is 5.57. The number of fused-ring (bicyclic) bond motifs is 7. The summed E-state index contributed by atoms with van der Waals surface area (Å²) in [6.45, 7) is 0. The van der Waals surface area contributed by atoms with Crippen molar-refractivity contribution in [3.8, 4) is 39.3 Å². The van der Waals surface area contributed by atoms with E-state index in [9.17, 15) is 0 Å². The maximum Gasteiger partial charge on any atom is 0.165 e. The molecule has 0 bridgehead atoms. The molecule has 3 heterocycles. The number of para-hydroxylation sites is 2. The van der Waals surface area contributed by atoms with E-state index in [1.807, 2.05) is 11.3 Å². The van der Waals surface area contributed by atoms with Crippen LogP contribution in [0.15, 0.2) is 152 Å². The van der Waals surface area contributed by atoms with Gasteiger partial charge >= 0.3 is 0 Å². The van der Waals surface area contributed by atoms with Gasteiger partial charge in [-0.2, -0.15) is 0 Å². The molecule has 12 rings (SSSR count). The molecule has 0 N–H and O–H groups in total. The lowest BCUT2D eigenvalue weighted by Gasteiger charge is -2.18. The first-order valence-electron chi connectivity index (χ1n) is 18.0. The minimum absolute atomic E-state index is 0.856. The summed E-state index contributed by atoms with van der Waals surface area (Å²) in [5, 5.41) is 7.70. The highest BCUT2D eigenvalue weighted by atomic mass is 32.1. The smallest absolute Gasteiger partial charge is 0.165 e. The first-order valence-corrected chi connectivity index (χ1v) is 18.8. The molecule has 0 unspecified atom stereocenters. The SMILES string of the molecule is C1=CCCC(c2cc3c4c5c(cccc25)-c2ccccc2-c2cccc(c24)n3-c2nc3ccccc3nc2-c2cccc3c2sc2ccccc23)=C1. The van der Waals surface area contributed by atoms with Crippen molar-refractivity contribution in [1.82, 2.24) is 14.5 Å². The minimum Gasteiger partial charge on any atom is -0.292 e. The van der Waals surface area contributed by atoms with Crippen LogP contribution >= 0.6 is 11.3 Å². The number of aromatic nitrogens is 3. The number of hydrogen-bond donors (Lipinski definition) is 0. The van der Waals surface area contributed by atoms with Crippen molar-refractivity contribution in [3.05, 3.63) is 157 Å². The van der Waals surface area contributed by atoms with Crippen molar-refractivity contribution < 1.29 is 0 Å². The summed E-state index contributed by atoms with van der Waals surface area (Å²) in [4.78, 5) is 11.1. The Morgan fingerprint density at radius 1 is 0.519 bits per heavy atom. The fourth-order valence-corrected chi connectivity index (χ4v) is 10.2. The molecular weight excluding hydrogens is 651 g/mol. The molecule has 7 aromatic carbocycles. The molecule has 2 aliphatic carbocycles. The molecule has 52 heavy (non-hydrogen) atoms. The van der Waals surface area contributed by atoms with Crippen molar-refractivity contribution >= 4 is 80.7 Å². The number of hydrogen-bond acceptors (Lipinski definition) is 3. The molecule has 242 valence electrons. The Bertz CT molecular complexity index is 3250. The Morgan fingerprint density at radius 2 is 1.19 bits per heavy atom. The predicted octanol–water partition coefficient (Wildman–Crippen LogP) is 13.3. The lowest BCUT2D eigenvalue weighted by atomic mass is 9.88. The van der Waals surface area contributed by atoms with E-state index < -0.39 is 0 Å². The van der Waals surface area contributed by atoms with Crippen molar-refractivity contribution in [2.75, 3.05) is 0 Å². The number of allylic oxidation sites excluding steroid dienone is 4. The van der Waals surface area contributed by atoms with Crippen LogP contribution in [0.2, 0.25) is 0 Å². The third-order valence-electron chi connectivity index (χ3n) is 11.2. The van der Waals surface area contributed by atoms with Gasteiger partial charge < -0.3 is 0 Å². The van der Waals surface area contributed by atoms with Crippen LogP contribution in [0.1, 0.15) is 18.4 Å². The molecular formula is C48H29N3S. The van der Waals surface area contributed by atoms with Gasteiger partial charge in [-0.25, -0.2) is 9.97 Å². The van der Waals surface area contributed by atoms with Gasteiger partial charge in [0.25, 0.3) is 0 Å². The average molecular weight is 680 g/mol. The number of thiophene rings is 1. The zero-order valence-electron chi connectivity index (χ0n) is 28.1. The van der Waals surface area contributed by atoms with E-state index in [-0.39, 0.29) is 0 Å². The van der Waals surface area contributed by atoms with Crippen molar-refractivity contribution in [3.63, 3.8) is 0 Å². The molecule has 0 saturated carbocycles. The second kappa shape index (κ2) is 10.6. The van der Waals surface area contributed by atoms with Gasteiger partial charge in [-0.15, -0.1) is 11.3 Å². The summed E-state index contributed by atoms with van der Waals surface area (Å²) < 4.78 is 4.95. The van der Waals surface area contributed by atoms with E-state index in [2.05, 4.69) is 156 Å². The molecule has 3 nitrogen and oxygen atoms in total. The molecule has 0 spiro atoms. The van der Waals surface area contributed by atoms with Crippen LogP contribution < -0.4 is 0 Å². The van der Waals surface area contributed by atoms with Crippen LogP contribution in [0, 0.1) is 0 Å². The highest BCUT2D eigenvalue weighted by Crippen LogP contribution is 2.52. The third kappa shape index (κ3) is 3.79. The molecule has 0 fully saturated rings. The van der Waals surface area contributed by atoms with Gasteiger partial charge in [0.1, 0.15) is 5.69 Å². The van der Waals surface area contributed by atoms with E-state index in [0.717, 1.165) is 52.0 Å². The second-order valence-electron chi connectivity index (χ2n) is 14.0. The maximum atomic E-state index is 5.57. The Labute approximate surface area is 303 Å². The lowest BCUT2D eigenvalue weighted by Crippen LogP contribution is -2.04. The van der Waals surface area contributed by atoms with Gasteiger partial charge in [-0.3, -0.25) is 4.57 Å². The molecule has 0 atom stereocenters. The summed E-state index contributed by atoms with van der Waals surface area (Å²) in [6.07, 6.45) is 8.86. The fourth-order valence-electron chi connectivity index (χ4n) is 8.99. The minimum atomic E-state index is 0.856. The van der Waals surface area contributed by atoms with Crippen molar-refractivity contribution in [1.29, 1.82) is 0 Å². The standard InChI is InChI=1S/C48H29N3S/c1-2-13-28(14-3-1)37-27-41-45-43-32(18-10-19-34(37)43)29-15-4-5-16-30(29)33-20-12-25-40(44(33)45)51(41)48-46(49-38-23-7-8-24-39(38)50-48)36-22-11-21-35-31-17-6-9-26-42(31)52-47(35)36/h1-2,4-13,15-27H,3,14H2. The lowest BCUT2D eigenvalue weighted by molar-refractivity contribution is 1.05. The Hall–Kier alpha value is -6.36. The zero-order chi connectivity index (χ0) is 33.9. The molecule has 3 aromatic heterocycles. The quantitative estimate of drug-likeness (QED) is 0.186. The van der Waals surface area contributed by atoms with Crippen LogP contribution in [-0.2, 0) is 0 Å². The largest absolute Gasteiger partial charge is 0.292 e. The van der Waals surface area contributed by atoms with Crippen LogP contribution in [0.3, 0.4) is 0 Å². The van der Waals surface area contributed by atoms with Gasteiger partial charge in [0.05, 0.1) is 22.1 Å². The monoisotopic (exact) mass is 679 g/mol. The second-order valence-corrected chi connectivity index (χ2v) is 15.0. The molecule has 4 heteroatoms. The van der Waals surface area contributed by atoms with E-state index in [1.54, 1.807) is 0 Å². The Morgan fingerprint density at radius 3 is 2.02 bits per heavy atom. The third-order valence-corrected chi connectivity index (χ3v) is 12.4. The topological polar surface area (TPSA) is 30.7 Å². The van der Waals surface area contributed by atoms with Crippen molar-refractivity contribution in [2.45, 2.75) is 12.8 Å². The first-order chi connectivity index (χ1) is 25.8. The van der Waals surface area contributed by atoms with E-state index in [1.165, 1.54) is 75.1 Å². The van der Waals surface area contributed by atoms with Gasteiger partial charge in [0.15, 0.2) is 5.82 Å². The predicted molar refractivity (Wildman–Crippen MR) is 220 cm³/mol. The summed E-state index contributed by atoms with van der Waals surface area (Å²) in [7, 11) is 0. The molecule has 10 aromatic rings. The van der Waals surface area contributed by atoms with Gasteiger partial charge in [0, 0.05) is 41.9 Å². The van der Waals surface area contributed by atoms with Crippen LogP contribution in [0.25, 0.3) is 109 Å². The molecule has 2 aliphatic rings. The van der Waals surface area contributed by atoms with Crippen LogP contribution in [-0.4, -0.2) is 14.5 Å². The number of benzene rings is 7. The molecule has 0 aliphatic heterocycles. The highest BCUT2D eigenvalue weighted by molar-refractivity contribution is 7.26. The Balaban J connectivity index is 1.30. The summed E-state index contributed by atoms with van der Waals surface area (Å²) in [5.41, 5.74) is 13.8. The molecule has 0 radical (unpaired) electrons. The van der Waals surface area contributed by atoms with Gasteiger partial charge in [0.2, 0.25) is 0 Å². The normalized spacial score (nSPS) is 13.7. The number of rotatable bonds is 3. The average Bonchev–Trinajstić information content (AvgIpc) is 3.72. The highest BCUT2D eigenvalue weighted by Gasteiger charge is 2.28. The van der Waals surface area contributed by atoms with E-state index >= 15 is 0 Å². The van der Waals surface area contributed by atoms with Gasteiger partial charge in [-0.05, 0) is 82.0 Å². The molecule has 0 saturated heterocycles.